The van der Waals surface area contributed by atoms with Crippen LogP contribution < -0.4 is 4.74 Å². The van der Waals surface area contributed by atoms with E-state index in [9.17, 15) is 0 Å². The Morgan fingerprint density at radius 1 is 1.22 bits per heavy atom. The topological polar surface area (TPSA) is 9.23 Å². The highest BCUT2D eigenvalue weighted by atomic mass is 79.9. The first-order chi connectivity index (χ1) is 8.43. The number of alkyl halides is 1. The molecule has 0 heterocycles. The van der Waals surface area contributed by atoms with Crippen LogP contribution in [0.4, 0.5) is 0 Å². The summed E-state index contributed by atoms with van der Waals surface area (Å²) in [6.45, 7) is 9.76. The second kappa shape index (κ2) is 7.18. The molecule has 0 amide bonds. The minimum Gasteiger partial charge on any atom is -0.494 e. The summed E-state index contributed by atoms with van der Waals surface area (Å²) in [5, 5.41) is 1.08. The maximum absolute atomic E-state index is 5.84. The molecule has 1 aromatic rings. The van der Waals surface area contributed by atoms with Gasteiger partial charge in [0.15, 0.2) is 0 Å². The van der Waals surface area contributed by atoms with Gasteiger partial charge in [-0.05, 0) is 41.9 Å². The Morgan fingerprint density at radius 3 is 2.56 bits per heavy atom. The summed E-state index contributed by atoms with van der Waals surface area (Å²) < 4.78 is 5.84. The average Bonchev–Trinajstić information content (AvgIpc) is 2.29. The van der Waals surface area contributed by atoms with Crippen LogP contribution in [0.2, 0.25) is 0 Å². The molecule has 0 fully saturated rings. The van der Waals surface area contributed by atoms with Crippen molar-refractivity contribution in [2.45, 2.75) is 46.0 Å². The van der Waals surface area contributed by atoms with Gasteiger partial charge in [0, 0.05) is 5.33 Å². The molecule has 102 valence electrons. The summed E-state index contributed by atoms with van der Waals surface area (Å²) in [4.78, 5) is 0. The molecule has 1 aromatic carbocycles. The third-order valence-corrected chi connectivity index (χ3v) is 3.64. The van der Waals surface area contributed by atoms with Crippen molar-refractivity contribution in [3.63, 3.8) is 0 Å². The molecule has 1 rings (SSSR count). The maximum atomic E-state index is 5.84. The maximum Gasteiger partial charge on any atom is 0.119 e. The molecule has 18 heavy (non-hydrogen) atoms. The monoisotopic (exact) mass is 312 g/mol. The fourth-order valence-corrected chi connectivity index (χ4v) is 2.54. The number of hydrogen-bond acceptors (Lipinski definition) is 1. The van der Waals surface area contributed by atoms with Gasteiger partial charge in [-0.25, -0.2) is 0 Å². The predicted octanol–water partition coefficient (Wildman–Crippen LogP) is 5.17. The van der Waals surface area contributed by atoms with Gasteiger partial charge in [0.05, 0.1) is 6.61 Å². The lowest BCUT2D eigenvalue weighted by Gasteiger charge is -2.20. The molecule has 1 nitrogen and oxygen atoms in total. The molecule has 0 spiro atoms. The van der Waals surface area contributed by atoms with E-state index in [1.807, 2.05) is 6.07 Å². The van der Waals surface area contributed by atoms with Crippen LogP contribution in [0.1, 0.15) is 46.1 Å². The third kappa shape index (κ3) is 5.43. The van der Waals surface area contributed by atoms with E-state index in [0.29, 0.717) is 0 Å². The number of benzene rings is 1. The van der Waals surface area contributed by atoms with E-state index in [2.05, 4.69) is 61.8 Å². The molecular weight excluding hydrogens is 288 g/mol. The zero-order valence-corrected chi connectivity index (χ0v) is 13.6. The highest BCUT2D eigenvalue weighted by molar-refractivity contribution is 9.09. The molecule has 0 radical (unpaired) electrons. The van der Waals surface area contributed by atoms with Crippen LogP contribution in [-0.4, -0.2) is 11.9 Å². The Hall–Kier alpha value is -0.500. The zero-order chi connectivity index (χ0) is 13.6. The van der Waals surface area contributed by atoms with Crippen molar-refractivity contribution in [2.24, 2.45) is 5.92 Å². The lowest BCUT2D eigenvalue weighted by atomic mass is 9.87. The molecule has 1 unspecified atom stereocenters. The second-order valence-corrected chi connectivity index (χ2v) is 6.79. The van der Waals surface area contributed by atoms with Crippen molar-refractivity contribution in [3.8, 4) is 5.75 Å². The largest absolute Gasteiger partial charge is 0.494 e. The van der Waals surface area contributed by atoms with Gasteiger partial charge in [-0.2, -0.15) is 0 Å². The molecule has 0 aliphatic carbocycles. The van der Waals surface area contributed by atoms with Gasteiger partial charge >= 0.3 is 0 Å². The Balaban J connectivity index is 2.48. The first kappa shape index (κ1) is 15.6. The van der Waals surface area contributed by atoms with Crippen molar-refractivity contribution in [1.29, 1.82) is 0 Å². The van der Waals surface area contributed by atoms with Gasteiger partial charge in [0.2, 0.25) is 0 Å². The molecule has 2 heteroatoms. The highest BCUT2D eigenvalue weighted by Crippen LogP contribution is 2.25. The van der Waals surface area contributed by atoms with E-state index in [0.717, 1.165) is 30.0 Å². The molecule has 0 saturated heterocycles. The lowest BCUT2D eigenvalue weighted by molar-refractivity contribution is 0.281. The van der Waals surface area contributed by atoms with Crippen LogP contribution in [0.3, 0.4) is 0 Å². The van der Waals surface area contributed by atoms with Gasteiger partial charge in [-0.1, -0.05) is 55.8 Å². The average molecular weight is 313 g/mol. The van der Waals surface area contributed by atoms with Crippen LogP contribution in [0, 0.1) is 5.92 Å². The molecule has 0 aromatic heterocycles. The third-order valence-electron chi connectivity index (χ3n) is 3.18. The summed E-state index contributed by atoms with van der Waals surface area (Å²) >= 11 is 3.48. The Morgan fingerprint density at radius 2 is 1.94 bits per heavy atom. The van der Waals surface area contributed by atoms with Crippen molar-refractivity contribution < 1.29 is 4.74 Å². The van der Waals surface area contributed by atoms with Crippen molar-refractivity contribution in [1.82, 2.24) is 0 Å². The van der Waals surface area contributed by atoms with E-state index >= 15 is 0 Å². The van der Waals surface area contributed by atoms with Gasteiger partial charge < -0.3 is 4.74 Å². The molecule has 0 bridgehead atoms. The predicted molar refractivity (Wildman–Crippen MR) is 82.8 cm³/mol. The fraction of sp³-hybridized carbons (Fsp3) is 0.625. The summed E-state index contributed by atoms with van der Waals surface area (Å²) in [7, 11) is 0. The molecule has 0 aliphatic rings. The van der Waals surface area contributed by atoms with E-state index in [1.165, 1.54) is 12.0 Å². The molecule has 0 saturated carbocycles. The molecular formula is C16H25BrO. The normalized spacial score (nSPS) is 13.4. The highest BCUT2D eigenvalue weighted by Gasteiger charge is 2.13. The number of halogens is 1. The minimum atomic E-state index is 0.183. The Labute approximate surface area is 120 Å². The van der Waals surface area contributed by atoms with Crippen LogP contribution in [0.15, 0.2) is 24.3 Å². The summed E-state index contributed by atoms with van der Waals surface area (Å²) in [6.07, 6.45) is 2.33. The quantitative estimate of drug-likeness (QED) is 0.658. The smallest absolute Gasteiger partial charge is 0.119 e. The second-order valence-electron chi connectivity index (χ2n) is 6.00. The van der Waals surface area contributed by atoms with Gasteiger partial charge in [-0.3, -0.25) is 0 Å². The first-order valence-corrected chi connectivity index (χ1v) is 7.85. The van der Waals surface area contributed by atoms with E-state index in [1.54, 1.807) is 0 Å². The van der Waals surface area contributed by atoms with E-state index in [-0.39, 0.29) is 5.41 Å². The van der Waals surface area contributed by atoms with Gasteiger partial charge in [0.25, 0.3) is 0 Å². The SMILES string of the molecule is CC(CCBr)CCOc1cccc(C(C)(C)C)c1. The summed E-state index contributed by atoms with van der Waals surface area (Å²) in [6, 6.07) is 8.46. The van der Waals surface area contributed by atoms with Crippen molar-refractivity contribution >= 4 is 15.9 Å². The van der Waals surface area contributed by atoms with Gasteiger partial charge in [0.1, 0.15) is 5.75 Å². The number of hydrogen-bond donors (Lipinski definition) is 0. The zero-order valence-electron chi connectivity index (χ0n) is 12.0. The van der Waals surface area contributed by atoms with Crippen LogP contribution in [-0.2, 0) is 5.41 Å². The molecule has 1 atom stereocenters. The van der Waals surface area contributed by atoms with Gasteiger partial charge in [-0.15, -0.1) is 0 Å². The lowest BCUT2D eigenvalue weighted by Crippen LogP contribution is -2.11. The first-order valence-electron chi connectivity index (χ1n) is 6.73. The van der Waals surface area contributed by atoms with E-state index in [4.69, 9.17) is 4.74 Å². The molecule has 0 N–H and O–H groups in total. The fourth-order valence-electron chi connectivity index (χ4n) is 1.76. The Bertz CT molecular complexity index is 354. The van der Waals surface area contributed by atoms with Crippen LogP contribution in [0.25, 0.3) is 0 Å². The molecule has 0 aliphatic heterocycles. The Kier molecular flexibility index (Phi) is 6.20. The van der Waals surface area contributed by atoms with Crippen LogP contribution >= 0.6 is 15.9 Å². The summed E-state index contributed by atoms with van der Waals surface area (Å²) in [5.74, 6) is 1.71. The number of ether oxygens (including phenoxy) is 1. The van der Waals surface area contributed by atoms with Crippen LogP contribution in [0.5, 0.6) is 5.75 Å². The number of rotatable bonds is 6. The van der Waals surface area contributed by atoms with E-state index < -0.39 is 0 Å². The van der Waals surface area contributed by atoms with Crippen molar-refractivity contribution in [3.05, 3.63) is 29.8 Å². The standard InChI is InChI=1S/C16H25BrO/c1-13(8-10-17)9-11-18-15-7-5-6-14(12-15)16(2,3)4/h5-7,12-13H,8-11H2,1-4H3. The minimum absolute atomic E-state index is 0.183. The van der Waals surface area contributed by atoms with Crippen molar-refractivity contribution in [2.75, 3.05) is 11.9 Å². The summed E-state index contributed by atoms with van der Waals surface area (Å²) in [5.41, 5.74) is 1.51.